The summed E-state index contributed by atoms with van der Waals surface area (Å²) in [4.78, 5) is 5.13. The van der Waals surface area contributed by atoms with Crippen molar-refractivity contribution in [3.63, 3.8) is 0 Å². The van der Waals surface area contributed by atoms with Gasteiger partial charge in [0.1, 0.15) is 11.2 Å². The van der Waals surface area contributed by atoms with Crippen LogP contribution in [0.1, 0.15) is 57.2 Å². The van der Waals surface area contributed by atoms with Crippen molar-refractivity contribution in [2.45, 2.75) is 58.3 Å². The minimum atomic E-state index is -0.101. The zero-order valence-corrected chi connectivity index (χ0v) is 35.8. The molecule has 0 unspecified atom stereocenters. The number of nitrogens with zero attached hydrogens (tertiary/aromatic N) is 3. The van der Waals surface area contributed by atoms with E-state index < -0.39 is 0 Å². The molecule has 62 heavy (non-hydrogen) atoms. The summed E-state index contributed by atoms with van der Waals surface area (Å²) in [6.07, 6.45) is 2.34. The first-order valence-corrected chi connectivity index (χ1v) is 22.2. The first kappa shape index (κ1) is 35.7. The molecule has 5 heteroatoms. The third kappa shape index (κ3) is 4.85. The second kappa shape index (κ2) is 12.5. The molecule has 2 aromatic heterocycles. The Morgan fingerprint density at radius 1 is 0.516 bits per heavy atom. The van der Waals surface area contributed by atoms with Crippen LogP contribution in [0.15, 0.2) is 168 Å². The van der Waals surface area contributed by atoms with Crippen LogP contribution in [0.4, 0.5) is 28.4 Å². The Bertz CT molecular complexity index is 3460. The quantitative estimate of drug-likeness (QED) is 0.166. The Hall–Kier alpha value is -6.98. The van der Waals surface area contributed by atoms with Crippen molar-refractivity contribution in [2.24, 2.45) is 0 Å². The number of hydrogen-bond donors (Lipinski definition) is 0. The van der Waals surface area contributed by atoms with Crippen LogP contribution in [0.25, 0.3) is 60.6 Å². The lowest BCUT2D eigenvalue weighted by Gasteiger charge is -2.46. The molecule has 298 valence electrons. The summed E-state index contributed by atoms with van der Waals surface area (Å²) in [7, 11) is 0. The molecule has 0 saturated carbocycles. The van der Waals surface area contributed by atoms with Gasteiger partial charge in [0.05, 0.1) is 11.0 Å². The van der Waals surface area contributed by atoms with Gasteiger partial charge in [0.2, 0.25) is 0 Å². The van der Waals surface area contributed by atoms with E-state index >= 15 is 0 Å². The minimum absolute atomic E-state index is 0.0476. The number of aryl methyl sites for hydroxylation is 1. The van der Waals surface area contributed by atoms with Crippen molar-refractivity contribution in [3.8, 4) is 16.8 Å². The molecule has 0 saturated heterocycles. The molecule has 0 fully saturated rings. The van der Waals surface area contributed by atoms with Crippen molar-refractivity contribution >= 4 is 90.0 Å². The number of aromatic nitrogens is 1. The van der Waals surface area contributed by atoms with Crippen molar-refractivity contribution in [1.82, 2.24) is 4.57 Å². The van der Waals surface area contributed by atoms with Crippen LogP contribution in [-0.4, -0.2) is 11.4 Å². The summed E-state index contributed by atoms with van der Waals surface area (Å²) in [5, 5.41) is 4.83. The van der Waals surface area contributed by atoms with Gasteiger partial charge in [-0.05, 0) is 131 Å². The van der Waals surface area contributed by atoms with Gasteiger partial charge >= 0.3 is 6.85 Å². The highest BCUT2D eigenvalue weighted by molar-refractivity contribution is 6.93. The Kier molecular flexibility index (Phi) is 7.24. The number of benzene rings is 8. The Labute approximate surface area is 362 Å². The van der Waals surface area contributed by atoms with Gasteiger partial charge < -0.3 is 18.7 Å². The van der Waals surface area contributed by atoms with Crippen LogP contribution in [0, 0.1) is 6.92 Å². The lowest BCUT2D eigenvalue weighted by atomic mass is 9.43. The summed E-state index contributed by atoms with van der Waals surface area (Å²) < 4.78 is 9.32. The third-order valence-corrected chi connectivity index (χ3v) is 14.7. The van der Waals surface area contributed by atoms with Gasteiger partial charge in [0.25, 0.3) is 0 Å². The molecular weight excluding hydrogens is 753 g/mol. The van der Waals surface area contributed by atoms with Gasteiger partial charge in [-0.25, -0.2) is 0 Å². The smallest absolute Gasteiger partial charge is 0.333 e. The molecule has 4 heterocycles. The molecule has 0 amide bonds. The standard InChI is InChI=1S/C57H46BN3O/c1-35-29-45-46(57(4,5)28-27-56(45,2)3)34-49(35)61-50-32-43-40-22-13-15-26-52(40)62-53(43)33-42(50)44-30-38(59(36-17-8-6-9-18-36)37-19-10-7-11-20-37)31-51-54(44)58(61)47-24-16-23-41-39-21-12-14-25-48(39)60(51)55(41)47/h6-26,29-34H,27-28H2,1-5H3. The van der Waals surface area contributed by atoms with Crippen molar-refractivity contribution < 1.29 is 4.42 Å². The van der Waals surface area contributed by atoms with Crippen LogP contribution in [-0.2, 0) is 10.8 Å². The normalized spacial score (nSPS) is 15.6. The SMILES string of the molecule is Cc1cc2c(cc1N1B3c4c(cc(N(c5ccccc5)c5ccccc5)cc4-n4c5ccccc5c5cccc3c54)-c3cc4oc5ccccc5c4cc31)C(C)(C)CCC2(C)C. The molecule has 8 aromatic carbocycles. The lowest BCUT2D eigenvalue weighted by molar-refractivity contribution is 0.332. The monoisotopic (exact) mass is 799 g/mol. The largest absolute Gasteiger partial charge is 0.456 e. The second-order valence-electron chi connectivity index (χ2n) is 19.2. The lowest BCUT2D eigenvalue weighted by Crippen LogP contribution is -2.60. The Morgan fingerprint density at radius 2 is 1.16 bits per heavy atom. The third-order valence-electron chi connectivity index (χ3n) is 14.7. The Morgan fingerprint density at radius 3 is 1.90 bits per heavy atom. The molecule has 0 N–H and O–H groups in total. The van der Waals surface area contributed by atoms with Crippen LogP contribution in [0.2, 0.25) is 0 Å². The van der Waals surface area contributed by atoms with Gasteiger partial charge in [-0.15, -0.1) is 0 Å². The predicted molar refractivity (Wildman–Crippen MR) is 262 cm³/mol. The summed E-state index contributed by atoms with van der Waals surface area (Å²) in [5.41, 5.74) is 20.8. The summed E-state index contributed by atoms with van der Waals surface area (Å²) in [6, 6.07) is 60.9. The van der Waals surface area contributed by atoms with E-state index in [4.69, 9.17) is 4.42 Å². The van der Waals surface area contributed by atoms with Crippen LogP contribution >= 0.6 is 0 Å². The number of rotatable bonds is 4. The second-order valence-corrected chi connectivity index (χ2v) is 19.2. The van der Waals surface area contributed by atoms with Crippen LogP contribution in [0.3, 0.4) is 0 Å². The molecule has 0 radical (unpaired) electrons. The van der Waals surface area contributed by atoms with E-state index in [1.54, 1.807) is 0 Å². The van der Waals surface area contributed by atoms with E-state index in [-0.39, 0.29) is 17.7 Å². The van der Waals surface area contributed by atoms with Gasteiger partial charge in [0.15, 0.2) is 0 Å². The first-order chi connectivity index (χ1) is 30.2. The molecule has 13 rings (SSSR count). The van der Waals surface area contributed by atoms with Crippen molar-refractivity contribution in [2.75, 3.05) is 9.71 Å². The molecule has 2 aliphatic heterocycles. The van der Waals surface area contributed by atoms with E-state index in [0.717, 1.165) is 45.4 Å². The highest BCUT2D eigenvalue weighted by Crippen LogP contribution is 2.52. The molecule has 10 aromatic rings. The van der Waals surface area contributed by atoms with E-state index in [1.165, 1.54) is 84.0 Å². The maximum Gasteiger partial charge on any atom is 0.333 e. The molecule has 0 atom stereocenters. The predicted octanol–water partition coefficient (Wildman–Crippen LogP) is 14.0. The molecular formula is C57H46BN3O. The minimum Gasteiger partial charge on any atom is -0.456 e. The number of para-hydroxylation sites is 5. The molecule has 0 spiro atoms. The fourth-order valence-corrected chi connectivity index (χ4v) is 11.5. The maximum atomic E-state index is 6.75. The van der Waals surface area contributed by atoms with Gasteiger partial charge in [-0.2, -0.15) is 0 Å². The molecule has 0 bridgehead atoms. The highest BCUT2D eigenvalue weighted by Gasteiger charge is 2.46. The number of furan rings is 1. The van der Waals surface area contributed by atoms with Crippen LogP contribution in [0.5, 0.6) is 0 Å². The fraction of sp³-hybridized carbons (Fsp3) is 0.158. The van der Waals surface area contributed by atoms with Gasteiger partial charge in [0, 0.05) is 61.2 Å². The topological polar surface area (TPSA) is 24.6 Å². The van der Waals surface area contributed by atoms with E-state index in [2.05, 4.69) is 213 Å². The van der Waals surface area contributed by atoms with Gasteiger partial charge in [-0.3, -0.25) is 0 Å². The van der Waals surface area contributed by atoms with Crippen molar-refractivity contribution in [1.29, 1.82) is 0 Å². The zero-order chi connectivity index (χ0) is 41.6. The van der Waals surface area contributed by atoms with Crippen LogP contribution < -0.4 is 20.6 Å². The zero-order valence-electron chi connectivity index (χ0n) is 35.8. The van der Waals surface area contributed by atoms with Gasteiger partial charge in [-0.1, -0.05) is 125 Å². The van der Waals surface area contributed by atoms with E-state index in [9.17, 15) is 0 Å². The number of fused-ring (bicyclic) bond motifs is 11. The van der Waals surface area contributed by atoms with E-state index in [1.807, 2.05) is 0 Å². The van der Waals surface area contributed by atoms with Crippen molar-refractivity contribution in [3.05, 3.63) is 180 Å². The Balaban J connectivity index is 1.20. The molecule has 1 aliphatic carbocycles. The summed E-state index contributed by atoms with van der Waals surface area (Å²) in [5.74, 6) is 0. The average Bonchev–Trinajstić information content (AvgIpc) is 3.83. The average molecular weight is 800 g/mol. The summed E-state index contributed by atoms with van der Waals surface area (Å²) in [6.45, 7) is 12.0. The number of hydrogen-bond acceptors (Lipinski definition) is 3. The number of anilines is 5. The van der Waals surface area contributed by atoms with E-state index in [0.29, 0.717) is 0 Å². The first-order valence-electron chi connectivity index (χ1n) is 22.2. The molecule has 3 aliphatic rings. The maximum absolute atomic E-state index is 6.75. The highest BCUT2D eigenvalue weighted by atomic mass is 16.3. The fourth-order valence-electron chi connectivity index (χ4n) is 11.5. The summed E-state index contributed by atoms with van der Waals surface area (Å²) >= 11 is 0. The molecule has 4 nitrogen and oxygen atoms in total.